The Labute approximate surface area is 113 Å². The number of oxime groups is 1. The summed E-state index contributed by atoms with van der Waals surface area (Å²) in [4.78, 5) is 0. The molecule has 0 aromatic heterocycles. The fraction of sp³-hybridized carbons (Fsp3) is 0.462. The first-order valence-electron chi connectivity index (χ1n) is 5.97. The molecule has 0 radical (unpaired) electrons. The van der Waals surface area contributed by atoms with Gasteiger partial charge in [0.15, 0.2) is 5.84 Å². The van der Waals surface area contributed by atoms with E-state index in [1.54, 1.807) is 0 Å². The number of nitrogens with two attached hydrogens (primary N) is 1. The number of benzene rings is 1. The van der Waals surface area contributed by atoms with Crippen molar-refractivity contribution in [2.75, 3.05) is 12.8 Å². The summed E-state index contributed by atoms with van der Waals surface area (Å²) in [6.45, 7) is 4.10. The van der Waals surface area contributed by atoms with E-state index in [-0.39, 0.29) is 5.84 Å². The largest absolute Gasteiger partial charge is 0.409 e. The van der Waals surface area contributed by atoms with E-state index in [9.17, 15) is 0 Å². The van der Waals surface area contributed by atoms with Crippen LogP contribution in [0.25, 0.3) is 0 Å². The Balaban J connectivity index is 2.36. The quantitative estimate of drug-likeness (QED) is 0.232. The Morgan fingerprint density at radius 1 is 1.44 bits per heavy atom. The zero-order valence-electron chi connectivity index (χ0n) is 10.9. The van der Waals surface area contributed by atoms with E-state index in [2.05, 4.69) is 23.7 Å². The maximum atomic E-state index is 8.55. The lowest BCUT2D eigenvalue weighted by atomic mass is 10.1. The summed E-state index contributed by atoms with van der Waals surface area (Å²) >= 11 is 1.89. The van der Waals surface area contributed by atoms with Gasteiger partial charge in [0.25, 0.3) is 0 Å². The molecule has 0 bridgehead atoms. The van der Waals surface area contributed by atoms with E-state index in [0.29, 0.717) is 5.25 Å². The lowest BCUT2D eigenvalue weighted by Gasteiger charge is -2.09. The molecule has 4 nitrogen and oxygen atoms in total. The van der Waals surface area contributed by atoms with Crippen LogP contribution in [0, 0.1) is 0 Å². The van der Waals surface area contributed by atoms with Gasteiger partial charge < -0.3 is 16.3 Å². The monoisotopic (exact) mass is 267 g/mol. The summed E-state index contributed by atoms with van der Waals surface area (Å²) in [6.07, 6.45) is 3.31. The van der Waals surface area contributed by atoms with Crippen LogP contribution in [0.15, 0.2) is 29.4 Å². The second-order valence-corrected chi connectivity index (χ2v) is 5.47. The number of nitrogens with one attached hydrogen (secondary N) is 1. The summed E-state index contributed by atoms with van der Waals surface area (Å²) in [6, 6.07) is 7.68. The molecule has 0 saturated heterocycles. The molecule has 0 heterocycles. The van der Waals surface area contributed by atoms with Gasteiger partial charge in [-0.1, -0.05) is 36.3 Å². The van der Waals surface area contributed by atoms with Gasteiger partial charge in [-0.25, -0.2) is 0 Å². The van der Waals surface area contributed by atoms with Gasteiger partial charge in [0, 0.05) is 17.4 Å². The van der Waals surface area contributed by atoms with E-state index in [4.69, 9.17) is 10.9 Å². The van der Waals surface area contributed by atoms with Crippen LogP contribution in [0.3, 0.4) is 0 Å². The Hall–Kier alpha value is -1.20. The van der Waals surface area contributed by atoms with Crippen molar-refractivity contribution in [1.82, 2.24) is 5.32 Å². The second kappa shape index (κ2) is 8.00. The Morgan fingerprint density at radius 2 is 2.11 bits per heavy atom. The molecule has 0 aliphatic heterocycles. The van der Waals surface area contributed by atoms with Crippen LogP contribution in [-0.2, 0) is 6.54 Å². The minimum atomic E-state index is 0.142. The first-order chi connectivity index (χ1) is 8.67. The Bertz CT molecular complexity index is 378. The van der Waals surface area contributed by atoms with Gasteiger partial charge in [-0.3, -0.25) is 0 Å². The van der Waals surface area contributed by atoms with E-state index < -0.39 is 0 Å². The Kier molecular flexibility index (Phi) is 6.60. The zero-order chi connectivity index (χ0) is 13.4. The van der Waals surface area contributed by atoms with Crippen molar-refractivity contribution in [3.63, 3.8) is 0 Å². The van der Waals surface area contributed by atoms with Crippen molar-refractivity contribution >= 4 is 17.6 Å². The normalized spacial score (nSPS) is 13.6. The highest BCUT2D eigenvalue weighted by molar-refractivity contribution is 7.99. The van der Waals surface area contributed by atoms with E-state index >= 15 is 0 Å². The van der Waals surface area contributed by atoms with Gasteiger partial charge in [0.2, 0.25) is 0 Å². The average Bonchev–Trinajstić information content (AvgIpc) is 2.43. The maximum Gasteiger partial charge on any atom is 0.170 e. The fourth-order valence-electron chi connectivity index (χ4n) is 1.51. The third-order valence-corrected chi connectivity index (χ3v) is 3.86. The van der Waals surface area contributed by atoms with Gasteiger partial charge in [-0.2, -0.15) is 11.8 Å². The lowest BCUT2D eigenvalue weighted by Crippen LogP contribution is -2.18. The molecule has 0 aliphatic rings. The van der Waals surface area contributed by atoms with Crippen LogP contribution in [-0.4, -0.2) is 29.1 Å². The fourth-order valence-corrected chi connectivity index (χ4v) is 1.86. The van der Waals surface area contributed by atoms with Gasteiger partial charge >= 0.3 is 0 Å². The molecule has 1 aromatic carbocycles. The first-order valence-corrected chi connectivity index (χ1v) is 7.26. The number of rotatable bonds is 7. The molecule has 0 amide bonds. The molecular formula is C13H21N3OS. The highest BCUT2D eigenvalue weighted by Crippen LogP contribution is 2.08. The van der Waals surface area contributed by atoms with Gasteiger partial charge in [-0.05, 0) is 24.8 Å². The standard InChI is InChI=1S/C13H21N3OS/c1-10(18-2)7-8-15-9-11-3-5-12(6-4-11)13(14)16-17/h3-6,10,15,17H,7-9H2,1-2H3,(H2,14,16). The van der Waals surface area contributed by atoms with Crippen LogP contribution in [0.2, 0.25) is 0 Å². The Morgan fingerprint density at radius 3 is 2.67 bits per heavy atom. The summed E-state index contributed by atoms with van der Waals surface area (Å²) in [5, 5.41) is 15.6. The molecule has 1 aromatic rings. The maximum absolute atomic E-state index is 8.55. The second-order valence-electron chi connectivity index (χ2n) is 4.19. The molecule has 0 saturated carbocycles. The number of hydrogen-bond donors (Lipinski definition) is 3. The lowest BCUT2D eigenvalue weighted by molar-refractivity contribution is 0.318. The first kappa shape index (κ1) is 14.9. The molecule has 0 aliphatic carbocycles. The number of amidine groups is 1. The van der Waals surface area contributed by atoms with Crippen molar-refractivity contribution in [1.29, 1.82) is 0 Å². The zero-order valence-corrected chi connectivity index (χ0v) is 11.7. The van der Waals surface area contributed by atoms with E-state index in [0.717, 1.165) is 18.7 Å². The van der Waals surface area contributed by atoms with Gasteiger partial charge in [0.1, 0.15) is 0 Å². The average molecular weight is 267 g/mol. The van der Waals surface area contributed by atoms with Crippen LogP contribution in [0.4, 0.5) is 0 Å². The molecular weight excluding hydrogens is 246 g/mol. The van der Waals surface area contributed by atoms with Crippen LogP contribution < -0.4 is 11.1 Å². The molecule has 5 heteroatoms. The summed E-state index contributed by atoms with van der Waals surface area (Å²) in [5.74, 6) is 0.142. The van der Waals surface area contributed by atoms with Crippen molar-refractivity contribution in [3.8, 4) is 0 Å². The van der Waals surface area contributed by atoms with Crippen LogP contribution >= 0.6 is 11.8 Å². The summed E-state index contributed by atoms with van der Waals surface area (Å²) < 4.78 is 0. The predicted octanol–water partition coefficient (Wildman–Crippen LogP) is 2.01. The topological polar surface area (TPSA) is 70.6 Å². The van der Waals surface area contributed by atoms with Crippen LogP contribution in [0.1, 0.15) is 24.5 Å². The van der Waals surface area contributed by atoms with E-state index in [1.807, 2.05) is 36.0 Å². The minimum absolute atomic E-state index is 0.142. The molecule has 1 rings (SSSR count). The molecule has 1 atom stereocenters. The third kappa shape index (κ3) is 4.98. The molecule has 18 heavy (non-hydrogen) atoms. The molecule has 0 fully saturated rings. The van der Waals surface area contributed by atoms with Gasteiger partial charge in [0.05, 0.1) is 0 Å². The van der Waals surface area contributed by atoms with Crippen LogP contribution in [0.5, 0.6) is 0 Å². The molecule has 4 N–H and O–H groups in total. The smallest absolute Gasteiger partial charge is 0.170 e. The van der Waals surface area contributed by atoms with Crippen molar-refractivity contribution in [3.05, 3.63) is 35.4 Å². The minimum Gasteiger partial charge on any atom is -0.409 e. The number of thioether (sulfide) groups is 1. The number of nitrogens with zero attached hydrogens (tertiary/aromatic N) is 1. The predicted molar refractivity (Wildman–Crippen MR) is 78.3 cm³/mol. The van der Waals surface area contributed by atoms with Crippen molar-refractivity contribution in [2.45, 2.75) is 25.1 Å². The summed E-state index contributed by atoms with van der Waals surface area (Å²) in [5.41, 5.74) is 7.43. The highest BCUT2D eigenvalue weighted by atomic mass is 32.2. The summed E-state index contributed by atoms with van der Waals surface area (Å²) in [7, 11) is 0. The van der Waals surface area contributed by atoms with Crippen molar-refractivity contribution < 1.29 is 5.21 Å². The molecule has 0 spiro atoms. The van der Waals surface area contributed by atoms with Crippen molar-refractivity contribution in [2.24, 2.45) is 10.9 Å². The van der Waals surface area contributed by atoms with E-state index in [1.165, 1.54) is 12.0 Å². The third-order valence-electron chi connectivity index (χ3n) is 2.82. The molecule has 100 valence electrons. The highest BCUT2D eigenvalue weighted by Gasteiger charge is 2.00. The van der Waals surface area contributed by atoms with Gasteiger partial charge in [-0.15, -0.1) is 0 Å². The molecule has 1 unspecified atom stereocenters. The number of hydrogen-bond acceptors (Lipinski definition) is 4. The SMILES string of the molecule is CSC(C)CCNCc1ccc(/C(N)=N/O)cc1.